The van der Waals surface area contributed by atoms with Gasteiger partial charge in [-0.3, -0.25) is 28.3 Å². The van der Waals surface area contributed by atoms with Gasteiger partial charge in [0.15, 0.2) is 42.6 Å². The topological polar surface area (TPSA) is 220 Å². The highest BCUT2D eigenvalue weighted by atomic mass is 35.5. The molecule has 4 aromatic carbocycles. The molecule has 6 heterocycles. The number of rotatable bonds is 20. The highest BCUT2D eigenvalue weighted by Gasteiger charge is 2.70. The molecule has 6 aliphatic rings. The number of hydrogen-bond acceptors (Lipinski definition) is 13. The molecule has 1 N–H and O–H groups in total. The zero-order valence-electron chi connectivity index (χ0n) is 61.1. The Balaban J connectivity index is 0.000000177. The zero-order valence-corrected chi connectivity index (χ0v) is 65.0. The summed E-state index contributed by atoms with van der Waals surface area (Å²) in [5, 5.41) is 27.1. The molecule has 16 rings (SSSR count). The van der Waals surface area contributed by atoms with Crippen molar-refractivity contribution in [1.29, 1.82) is 0 Å². The summed E-state index contributed by atoms with van der Waals surface area (Å²) in [5.74, 6) is -12.1. The van der Waals surface area contributed by atoms with E-state index < -0.39 is 191 Å². The molecule has 0 unspecified atom stereocenters. The van der Waals surface area contributed by atoms with Gasteiger partial charge in [0.05, 0.1) is 55.4 Å². The lowest BCUT2D eigenvalue weighted by Crippen LogP contribution is -2.24. The van der Waals surface area contributed by atoms with Crippen molar-refractivity contribution in [1.82, 2.24) is 49.1 Å². The number of aromatic nitrogens is 10. The number of carbonyl (C=O) groups excluding carboxylic acids is 2. The molecule has 0 saturated heterocycles. The van der Waals surface area contributed by atoms with E-state index in [-0.39, 0.29) is 80.5 Å². The third-order valence-corrected chi connectivity index (χ3v) is 23.7. The molecule has 4 saturated carbocycles. The first-order chi connectivity index (χ1) is 53.6. The Bertz CT molecular complexity index is 6030. The number of aryl methyl sites for hydroxylation is 2. The highest BCUT2D eigenvalue weighted by molar-refractivity contribution is 7.90. The van der Waals surface area contributed by atoms with Gasteiger partial charge in [-0.2, -0.15) is 64.3 Å². The monoisotopic (exact) mass is 1700 g/mol. The minimum Gasteiger partial charge on any atom is -0.378 e. The normalized spacial score (nSPS) is 19.3. The molecular weight excluding hydrogens is 1640 g/mol. The number of sulfone groups is 2. The first-order valence-electron chi connectivity index (χ1n) is 35.7. The lowest BCUT2D eigenvalue weighted by Gasteiger charge is -2.21. The molecule has 6 atom stereocenters. The van der Waals surface area contributed by atoms with E-state index >= 15 is 17.6 Å². The Labute approximate surface area is 662 Å². The molecule has 36 heteroatoms. The van der Waals surface area contributed by atoms with Gasteiger partial charge in [0.2, 0.25) is 0 Å². The SMILES string of the molecule is C#CC1(C)CC1.Cn1nc(CS(C)(=O)=O)c2c(Cl)ccc(-c3ccc(C#CC4(O)CC4)nc3[C@@H](CC(=O)Cn3nc(C(F)(F)F)c4c3C(F)(F)[C@@H]3C[C@H]43)Cc3cc(F)cc(F)c3)c21.Cn1nc(CS(C)(=O)=O)c2c(Cl)ccc(-c3ccc(Cl)nc3[C@@H](CC(=O)Cn3nc(C(F)(F)F)c4c3C(F)(F)[C@@H]3C[C@H]43)Cc3cc(F)cc(F)c3)c21. The molecule has 6 aliphatic carbocycles. The van der Waals surface area contributed by atoms with Crippen LogP contribution in [0.2, 0.25) is 15.2 Å². The molecule has 4 fully saturated rings. The number of Topliss-reactive ketones (excluding diaryl/α,β-unsaturated/α-hetero) is 2. The molecule has 0 radical (unpaired) electrons. The molecular formula is C79H65Cl3F14N10O7S2. The fraction of sp³-hybridized carbons (Fsp3) is 0.392. The van der Waals surface area contributed by atoms with Crippen LogP contribution < -0.4 is 0 Å². The first-order valence-corrected chi connectivity index (χ1v) is 41.0. The summed E-state index contributed by atoms with van der Waals surface area (Å²) in [6.07, 6.45) is -1.45. The maximum atomic E-state index is 15.4. The second-order valence-corrected chi connectivity index (χ2v) is 36.1. The van der Waals surface area contributed by atoms with E-state index in [0.29, 0.717) is 83.8 Å². The fourth-order valence-corrected chi connectivity index (χ4v) is 17.7. The lowest BCUT2D eigenvalue weighted by atomic mass is 9.86. The average Bonchev–Trinajstić information content (AvgIpc) is 1.52. The zero-order chi connectivity index (χ0) is 83.3. The van der Waals surface area contributed by atoms with Gasteiger partial charge < -0.3 is 5.11 Å². The van der Waals surface area contributed by atoms with Gasteiger partial charge in [0.1, 0.15) is 64.2 Å². The van der Waals surface area contributed by atoms with E-state index in [1.807, 2.05) is 0 Å². The van der Waals surface area contributed by atoms with E-state index in [2.05, 4.69) is 50.1 Å². The van der Waals surface area contributed by atoms with Gasteiger partial charge in [-0.25, -0.2) is 44.4 Å². The van der Waals surface area contributed by atoms with Crippen molar-refractivity contribution < 1.29 is 93.0 Å². The van der Waals surface area contributed by atoms with Crippen LogP contribution >= 0.6 is 34.8 Å². The van der Waals surface area contributed by atoms with E-state index in [1.54, 1.807) is 38.4 Å². The second kappa shape index (κ2) is 29.4. The van der Waals surface area contributed by atoms with Crippen molar-refractivity contribution >= 4 is 87.8 Å². The van der Waals surface area contributed by atoms with E-state index in [9.17, 15) is 75.4 Å². The first kappa shape index (κ1) is 82.3. The maximum absolute atomic E-state index is 15.4. The molecule has 10 aromatic rings. The number of hydrogen-bond donors (Lipinski definition) is 1. The van der Waals surface area contributed by atoms with Crippen molar-refractivity contribution in [3.05, 3.63) is 197 Å². The summed E-state index contributed by atoms with van der Waals surface area (Å²) in [5.41, 5.74) is -3.87. The van der Waals surface area contributed by atoms with Crippen LogP contribution in [-0.4, -0.2) is 101 Å². The smallest absolute Gasteiger partial charge is 0.378 e. The Morgan fingerprint density at radius 3 is 1.34 bits per heavy atom. The van der Waals surface area contributed by atoms with Crippen LogP contribution in [0.4, 0.5) is 61.5 Å². The number of benzene rings is 4. The number of terminal acetylenes is 1. The summed E-state index contributed by atoms with van der Waals surface area (Å²) in [7, 11) is -4.02. The third-order valence-electron chi connectivity index (χ3n) is 21.3. The van der Waals surface area contributed by atoms with Gasteiger partial charge in [0, 0.05) is 125 Å². The predicted molar refractivity (Wildman–Crippen MR) is 396 cm³/mol. The summed E-state index contributed by atoms with van der Waals surface area (Å²) in [6, 6.07) is 17.8. The highest BCUT2D eigenvalue weighted by Crippen LogP contribution is 2.70. The molecule has 0 bridgehead atoms. The molecule has 0 amide bonds. The fourth-order valence-electron chi connectivity index (χ4n) is 15.6. The molecule has 17 nitrogen and oxygen atoms in total. The van der Waals surface area contributed by atoms with Gasteiger partial charge in [-0.05, 0) is 148 Å². The average molecular weight is 1700 g/mol. The maximum Gasteiger partial charge on any atom is 0.435 e. The van der Waals surface area contributed by atoms with Gasteiger partial charge in [-0.1, -0.05) is 52.9 Å². The Morgan fingerprint density at radius 2 is 0.974 bits per heavy atom. The van der Waals surface area contributed by atoms with E-state index in [1.165, 1.54) is 46.5 Å². The van der Waals surface area contributed by atoms with Gasteiger partial charge in [-0.15, -0.1) is 12.3 Å². The standard InChI is InChI=1S/C39H31ClF7N5O4S.C34H26Cl2F7N5O3S.C6H8/c1-51-34-26(5-6-29(40)32(34)30(49-51)18-57(2,55)56)25-4-3-23(7-8-37(54)9-10-37)48-33(25)20(11-19-12-21(41)15-22(42)13-19)14-24(53)17-52-36-31(35(50-52)39(45,46)47)27-16-28(27)38(36,43)44;1-47-30-21(3-5-24(35)28(30)25(45-47)14-52(2,50)51)20-4-6-26(36)44-29(20)16(7-15-8-17(37)11-18(38)9-15)10-19(49)13-48-32-27(31(46-48)34(41,42)43)22-12-23(22)33(32,39)40;1-3-6(2)4-5-6/h3-6,12-13,15,20,27-28,54H,9-11,14,16-18H2,1-2H3;3-6,8-9,11,16,22-23H,7,10,12-14H2,1-2H3;1H,4-5H2,2H3/t20-,27+,28-;16-,22+,23-;/m11./s1. The second-order valence-electron chi connectivity index (χ2n) is 30.6. The van der Waals surface area contributed by atoms with Crippen LogP contribution in [0.3, 0.4) is 0 Å². The number of pyridine rings is 2. The summed E-state index contributed by atoms with van der Waals surface area (Å²) < 4.78 is 256. The van der Waals surface area contributed by atoms with Crippen LogP contribution in [0.25, 0.3) is 44.1 Å². The minimum atomic E-state index is -5.05. The third kappa shape index (κ3) is 16.9. The molecule has 0 spiro atoms. The lowest BCUT2D eigenvalue weighted by molar-refractivity contribution is -0.143. The summed E-state index contributed by atoms with van der Waals surface area (Å²) in [6.45, 7) is 0.206. The van der Waals surface area contributed by atoms with Crippen LogP contribution in [0.5, 0.6) is 0 Å². The summed E-state index contributed by atoms with van der Waals surface area (Å²) in [4.78, 5) is 37.0. The molecule has 115 heavy (non-hydrogen) atoms. The number of halogens is 17. The quantitative estimate of drug-likeness (QED) is 0.0427. The van der Waals surface area contributed by atoms with Crippen LogP contribution in [0, 0.1) is 64.7 Å². The minimum absolute atomic E-state index is 0.0480. The van der Waals surface area contributed by atoms with Gasteiger partial charge in [0.25, 0.3) is 11.8 Å². The van der Waals surface area contributed by atoms with Crippen molar-refractivity contribution in [3.8, 4) is 46.4 Å². The number of ketones is 2. The number of carbonyl (C=O) groups is 2. The van der Waals surface area contributed by atoms with E-state index in [4.69, 9.17) is 46.2 Å². The van der Waals surface area contributed by atoms with Crippen molar-refractivity contribution in [2.24, 2.45) is 31.3 Å². The Hall–Kier alpha value is -9.25. The van der Waals surface area contributed by atoms with E-state index in [0.717, 1.165) is 36.8 Å². The molecule has 0 aliphatic heterocycles. The number of fused-ring (bicyclic) bond motifs is 8. The molecule has 6 aromatic heterocycles. The predicted octanol–water partition coefficient (Wildman–Crippen LogP) is 17.0. The van der Waals surface area contributed by atoms with Crippen LogP contribution in [-0.2, 0) is 105 Å². The largest absolute Gasteiger partial charge is 0.435 e. The molecule has 604 valence electrons. The van der Waals surface area contributed by atoms with Gasteiger partial charge >= 0.3 is 12.4 Å². The summed E-state index contributed by atoms with van der Waals surface area (Å²) >= 11 is 19.5. The van der Waals surface area contributed by atoms with Crippen LogP contribution in [0.15, 0.2) is 84.9 Å². The number of nitrogens with zero attached hydrogens (tertiary/aromatic N) is 10. The Morgan fingerprint density at radius 1 is 0.583 bits per heavy atom. The number of aliphatic hydroxyl groups is 1. The number of alkyl halides is 10. The van der Waals surface area contributed by atoms with Crippen molar-refractivity contribution in [2.75, 3.05) is 12.5 Å². The van der Waals surface area contributed by atoms with Crippen molar-refractivity contribution in [3.63, 3.8) is 0 Å². The van der Waals surface area contributed by atoms with Crippen LogP contribution in [0.1, 0.15) is 155 Å². The Kier molecular flexibility index (Phi) is 21.1. The van der Waals surface area contributed by atoms with Crippen molar-refractivity contribution in [2.45, 2.75) is 149 Å².